The van der Waals surface area contributed by atoms with Crippen molar-refractivity contribution in [3.63, 3.8) is 0 Å². The summed E-state index contributed by atoms with van der Waals surface area (Å²) < 4.78 is 10.9. The highest BCUT2D eigenvalue weighted by molar-refractivity contribution is 5.95. The Kier molecular flexibility index (Phi) is 4.90. The number of nitrogens with one attached hydrogen (secondary N) is 2. The fourth-order valence-corrected chi connectivity index (χ4v) is 2.60. The number of para-hydroxylation sites is 1. The van der Waals surface area contributed by atoms with E-state index in [0.29, 0.717) is 13.2 Å². The lowest BCUT2D eigenvalue weighted by Gasteiger charge is -2.22. The van der Waals surface area contributed by atoms with Gasteiger partial charge in [0, 0.05) is 24.3 Å². The van der Waals surface area contributed by atoms with E-state index in [4.69, 9.17) is 9.47 Å². The van der Waals surface area contributed by atoms with E-state index in [1.165, 1.54) is 0 Å². The lowest BCUT2D eigenvalue weighted by Crippen LogP contribution is -2.45. The zero-order chi connectivity index (χ0) is 16.1. The fourth-order valence-electron chi connectivity index (χ4n) is 2.60. The zero-order valence-corrected chi connectivity index (χ0v) is 13.0. The van der Waals surface area contributed by atoms with Gasteiger partial charge in [-0.3, -0.25) is 4.79 Å². The topological polar surface area (TPSA) is 59.6 Å². The van der Waals surface area contributed by atoms with E-state index < -0.39 is 6.10 Å². The molecular weight excluding hydrogens is 292 g/mol. The number of amides is 1. The van der Waals surface area contributed by atoms with Crippen LogP contribution in [0, 0.1) is 0 Å². The van der Waals surface area contributed by atoms with Crippen LogP contribution in [-0.2, 0) is 9.53 Å². The Morgan fingerprint density at radius 1 is 1.26 bits per heavy atom. The molecule has 5 nitrogen and oxygen atoms in total. The number of methoxy groups -OCH3 is 1. The molecular formula is C18H20N2O3. The minimum absolute atomic E-state index is 0.130. The molecule has 0 aliphatic carbocycles. The Balaban J connectivity index is 1.78. The number of carbonyl (C=O) groups excluding carboxylic acids is 1. The third-order valence-corrected chi connectivity index (χ3v) is 3.77. The first-order valence-corrected chi connectivity index (χ1v) is 7.64. The molecule has 1 saturated heterocycles. The molecule has 1 unspecified atom stereocenters. The highest BCUT2D eigenvalue weighted by Crippen LogP contribution is 2.31. The number of hydrogen-bond acceptors (Lipinski definition) is 4. The van der Waals surface area contributed by atoms with Crippen molar-refractivity contribution in [2.45, 2.75) is 6.10 Å². The van der Waals surface area contributed by atoms with Gasteiger partial charge in [-0.1, -0.05) is 30.3 Å². The van der Waals surface area contributed by atoms with Gasteiger partial charge in [-0.15, -0.1) is 0 Å². The average Bonchev–Trinajstić information content (AvgIpc) is 2.62. The van der Waals surface area contributed by atoms with Crippen LogP contribution in [-0.4, -0.2) is 38.8 Å². The average molecular weight is 312 g/mol. The van der Waals surface area contributed by atoms with Crippen LogP contribution >= 0.6 is 0 Å². The third kappa shape index (κ3) is 3.70. The summed E-state index contributed by atoms with van der Waals surface area (Å²) in [5.41, 5.74) is 2.72. The Bertz CT molecular complexity index is 681. The summed E-state index contributed by atoms with van der Waals surface area (Å²) in [6.07, 6.45) is -0.446. The van der Waals surface area contributed by atoms with Gasteiger partial charge in [-0.2, -0.15) is 0 Å². The predicted molar refractivity (Wildman–Crippen MR) is 89.7 cm³/mol. The van der Waals surface area contributed by atoms with E-state index >= 15 is 0 Å². The van der Waals surface area contributed by atoms with Crippen LogP contribution in [0.25, 0.3) is 11.1 Å². The van der Waals surface area contributed by atoms with Crippen molar-refractivity contribution in [2.75, 3.05) is 32.1 Å². The molecule has 1 heterocycles. The molecule has 1 aliphatic rings. The fraction of sp³-hybridized carbons (Fsp3) is 0.278. The smallest absolute Gasteiger partial charge is 0.254 e. The summed E-state index contributed by atoms with van der Waals surface area (Å²) >= 11 is 0. The second-order valence-corrected chi connectivity index (χ2v) is 5.33. The van der Waals surface area contributed by atoms with E-state index in [1.54, 1.807) is 7.11 Å². The summed E-state index contributed by atoms with van der Waals surface area (Å²) in [5, 5.41) is 6.07. The zero-order valence-electron chi connectivity index (χ0n) is 13.0. The van der Waals surface area contributed by atoms with Gasteiger partial charge in [0.1, 0.15) is 11.9 Å². The van der Waals surface area contributed by atoms with Gasteiger partial charge in [0.25, 0.3) is 5.91 Å². The van der Waals surface area contributed by atoms with Gasteiger partial charge >= 0.3 is 0 Å². The predicted octanol–water partition coefficient (Wildman–Crippen LogP) is 2.29. The Hall–Kier alpha value is -2.37. The monoisotopic (exact) mass is 312 g/mol. The van der Waals surface area contributed by atoms with E-state index in [1.807, 2.05) is 48.5 Å². The van der Waals surface area contributed by atoms with Crippen LogP contribution in [0.5, 0.6) is 5.75 Å². The molecule has 2 aromatic carbocycles. The number of carbonyl (C=O) groups is 1. The van der Waals surface area contributed by atoms with E-state index in [9.17, 15) is 4.79 Å². The highest BCUT2D eigenvalue weighted by atomic mass is 16.5. The van der Waals surface area contributed by atoms with E-state index in [-0.39, 0.29) is 5.91 Å². The molecule has 23 heavy (non-hydrogen) atoms. The first kappa shape index (κ1) is 15.5. The van der Waals surface area contributed by atoms with Crippen molar-refractivity contribution in [3.8, 4) is 16.9 Å². The lowest BCUT2D eigenvalue weighted by atomic mass is 10.0. The molecule has 0 saturated carbocycles. The van der Waals surface area contributed by atoms with Crippen molar-refractivity contribution < 1.29 is 14.3 Å². The molecule has 2 N–H and O–H groups in total. The van der Waals surface area contributed by atoms with Crippen molar-refractivity contribution >= 4 is 11.6 Å². The van der Waals surface area contributed by atoms with Crippen molar-refractivity contribution in [1.82, 2.24) is 5.32 Å². The number of anilines is 1. The first-order valence-electron chi connectivity index (χ1n) is 7.64. The van der Waals surface area contributed by atoms with Crippen LogP contribution in [0.4, 0.5) is 5.69 Å². The van der Waals surface area contributed by atoms with Gasteiger partial charge in [0.05, 0.1) is 13.7 Å². The Morgan fingerprint density at radius 2 is 2.13 bits per heavy atom. The van der Waals surface area contributed by atoms with E-state index in [0.717, 1.165) is 29.1 Å². The molecule has 5 heteroatoms. The summed E-state index contributed by atoms with van der Waals surface area (Å²) in [4.78, 5) is 12.2. The maximum atomic E-state index is 12.2. The number of benzene rings is 2. The molecule has 120 valence electrons. The van der Waals surface area contributed by atoms with Crippen LogP contribution in [0.15, 0.2) is 48.5 Å². The second-order valence-electron chi connectivity index (χ2n) is 5.33. The normalized spacial score (nSPS) is 17.5. The molecule has 3 rings (SSSR count). The molecule has 1 atom stereocenters. The van der Waals surface area contributed by atoms with Crippen molar-refractivity contribution in [1.29, 1.82) is 0 Å². The largest absolute Gasteiger partial charge is 0.496 e. The molecule has 0 bridgehead atoms. The standard InChI is InChI=1S/C18H20N2O3/c1-22-16-8-3-2-7-15(16)13-5-4-6-14(11-13)20-18(21)17-12-19-9-10-23-17/h2-8,11,17,19H,9-10,12H2,1H3,(H,20,21). The quantitative estimate of drug-likeness (QED) is 0.909. The Morgan fingerprint density at radius 3 is 2.91 bits per heavy atom. The van der Waals surface area contributed by atoms with Gasteiger partial charge < -0.3 is 20.1 Å². The van der Waals surface area contributed by atoms with E-state index in [2.05, 4.69) is 10.6 Å². The first-order chi connectivity index (χ1) is 11.3. The number of morpholine rings is 1. The minimum atomic E-state index is -0.446. The maximum absolute atomic E-state index is 12.2. The van der Waals surface area contributed by atoms with Gasteiger partial charge in [0.15, 0.2) is 0 Å². The highest BCUT2D eigenvalue weighted by Gasteiger charge is 2.21. The summed E-state index contributed by atoms with van der Waals surface area (Å²) in [5.74, 6) is 0.671. The minimum Gasteiger partial charge on any atom is -0.496 e. The second kappa shape index (κ2) is 7.26. The molecule has 0 spiro atoms. The molecule has 1 fully saturated rings. The van der Waals surface area contributed by atoms with Gasteiger partial charge in [0.2, 0.25) is 0 Å². The molecule has 1 amide bonds. The molecule has 0 aromatic heterocycles. The van der Waals surface area contributed by atoms with Crippen molar-refractivity contribution in [3.05, 3.63) is 48.5 Å². The third-order valence-electron chi connectivity index (χ3n) is 3.77. The SMILES string of the molecule is COc1ccccc1-c1cccc(NC(=O)C2CNCCO2)c1. The van der Waals surface area contributed by atoms with Crippen LogP contribution < -0.4 is 15.4 Å². The van der Waals surface area contributed by atoms with Crippen LogP contribution in [0.1, 0.15) is 0 Å². The van der Waals surface area contributed by atoms with Crippen LogP contribution in [0.2, 0.25) is 0 Å². The summed E-state index contributed by atoms with van der Waals surface area (Å²) in [6, 6.07) is 15.5. The molecule has 2 aromatic rings. The van der Waals surface area contributed by atoms with Crippen LogP contribution in [0.3, 0.4) is 0 Å². The maximum Gasteiger partial charge on any atom is 0.254 e. The number of hydrogen-bond donors (Lipinski definition) is 2. The van der Waals surface area contributed by atoms with Crippen molar-refractivity contribution in [2.24, 2.45) is 0 Å². The lowest BCUT2D eigenvalue weighted by molar-refractivity contribution is -0.128. The molecule has 0 radical (unpaired) electrons. The number of rotatable bonds is 4. The Labute approximate surface area is 135 Å². The molecule has 1 aliphatic heterocycles. The number of ether oxygens (including phenoxy) is 2. The summed E-state index contributed by atoms with van der Waals surface area (Å²) in [7, 11) is 1.65. The summed E-state index contributed by atoms with van der Waals surface area (Å²) in [6.45, 7) is 1.88. The van der Waals surface area contributed by atoms with Gasteiger partial charge in [-0.05, 0) is 23.8 Å². The van der Waals surface area contributed by atoms with Gasteiger partial charge in [-0.25, -0.2) is 0 Å².